The van der Waals surface area contributed by atoms with E-state index in [9.17, 15) is 0 Å². The molecule has 0 atom stereocenters. The number of hydrogen-bond donors (Lipinski definition) is 0. The monoisotopic (exact) mass is 177 g/mol. The van der Waals surface area contributed by atoms with Gasteiger partial charge in [0, 0.05) is 0 Å². The molecule has 0 aromatic heterocycles. The van der Waals surface area contributed by atoms with Crippen molar-refractivity contribution in [1.29, 1.82) is 0 Å². The van der Waals surface area contributed by atoms with E-state index in [0.29, 0.717) is 0 Å². The molecule has 0 rings (SSSR count). The number of rotatable bonds is 0. The molecule has 0 heterocycles. The van der Waals surface area contributed by atoms with Crippen LogP contribution in [0.25, 0.3) is 0 Å². The van der Waals surface area contributed by atoms with Crippen molar-refractivity contribution in [2.45, 2.75) is 0 Å². The molecule has 0 amide bonds. The van der Waals surface area contributed by atoms with Gasteiger partial charge in [0.1, 0.15) is 0 Å². The van der Waals surface area contributed by atoms with E-state index in [0.717, 1.165) is 0 Å². The summed E-state index contributed by atoms with van der Waals surface area (Å²) in [6.07, 6.45) is 0. The van der Waals surface area contributed by atoms with Crippen molar-refractivity contribution >= 4 is 0 Å². The summed E-state index contributed by atoms with van der Waals surface area (Å²) in [6.45, 7) is 0. The Morgan fingerprint density at radius 3 is 1.14 bits per heavy atom. The molecule has 0 aromatic carbocycles. The summed E-state index contributed by atoms with van der Waals surface area (Å²) in [7, 11) is 7.25. The van der Waals surface area contributed by atoms with Crippen LogP contribution in [0, 0.1) is 21.9 Å². The van der Waals surface area contributed by atoms with Gasteiger partial charge in [0.15, 0.2) is 0 Å². The molecule has 0 aromatic rings. The molecule has 0 saturated heterocycles. The maximum atomic E-state index is 3.47. The summed E-state index contributed by atoms with van der Waals surface area (Å²) in [6, 6.07) is 0. The minimum atomic E-state index is 0. The van der Waals surface area contributed by atoms with Crippen LogP contribution in [0.5, 0.6) is 0 Å². The molecule has 0 aliphatic rings. The molecule has 2 heteroatoms. The van der Waals surface area contributed by atoms with Gasteiger partial charge in [-0.3, -0.25) is 7.05 Å². The standard InChI is InChI=1S/C3H8N.2CH3.Y/c1-4(2)3;;;/h1H2,2-3H3;2*1H3;/q3*-1;+3. The number of nitrogens with zero attached hydrogens (tertiary/aromatic N) is 1. The SMILES string of the molecule is [CH2-]N(C)C.[CH3-].[CH3-].[Y+3]. The van der Waals surface area contributed by atoms with Gasteiger partial charge in [0.05, 0.1) is 0 Å². The summed E-state index contributed by atoms with van der Waals surface area (Å²) in [4.78, 5) is 1.75. The topological polar surface area (TPSA) is 3.24 Å². The zero-order valence-electron chi connectivity index (χ0n) is 5.73. The van der Waals surface area contributed by atoms with E-state index < -0.39 is 0 Å². The van der Waals surface area contributed by atoms with E-state index in [1.165, 1.54) is 0 Å². The van der Waals surface area contributed by atoms with Gasteiger partial charge in [0.2, 0.25) is 0 Å². The maximum absolute atomic E-state index is 3.47. The molecular weight excluding hydrogens is 163 g/mol. The van der Waals surface area contributed by atoms with Crippen LogP contribution in [0.4, 0.5) is 0 Å². The van der Waals surface area contributed by atoms with Gasteiger partial charge >= 0.3 is 32.7 Å². The summed E-state index contributed by atoms with van der Waals surface area (Å²) in [5.74, 6) is 0. The zero-order chi connectivity index (χ0) is 3.58. The Balaban J connectivity index is -0.0000000150. The zero-order valence-corrected chi connectivity index (χ0v) is 8.57. The van der Waals surface area contributed by atoms with Crippen molar-refractivity contribution in [2.75, 3.05) is 14.1 Å². The largest absolute Gasteiger partial charge is 3.00 e. The van der Waals surface area contributed by atoms with E-state index in [-0.39, 0.29) is 47.6 Å². The fourth-order valence-electron chi connectivity index (χ4n) is 0. The fraction of sp³-hybridized carbons (Fsp3) is 0.400. The molecule has 0 aliphatic carbocycles. The van der Waals surface area contributed by atoms with Crippen molar-refractivity contribution in [3.05, 3.63) is 21.9 Å². The van der Waals surface area contributed by atoms with Gasteiger partial charge in [-0.1, -0.05) is 0 Å². The molecule has 42 valence electrons. The van der Waals surface area contributed by atoms with Gasteiger partial charge in [-0.2, -0.15) is 0 Å². The predicted octanol–water partition coefficient (Wildman–Crippen LogP) is 1.24. The van der Waals surface area contributed by atoms with Crippen LogP contribution in [-0.4, -0.2) is 19.0 Å². The molecule has 0 bridgehead atoms. The summed E-state index contributed by atoms with van der Waals surface area (Å²) in [5, 5.41) is 0. The first-order chi connectivity index (χ1) is 1.73. The molecular formula is C5H14NY. The third-order valence-electron chi connectivity index (χ3n) is 0. The van der Waals surface area contributed by atoms with Crippen LogP contribution in [-0.2, 0) is 32.7 Å². The summed E-state index contributed by atoms with van der Waals surface area (Å²) in [5.41, 5.74) is 0. The quantitative estimate of drug-likeness (QED) is 0.503. The average molecular weight is 177 g/mol. The second-order valence-electron chi connectivity index (χ2n) is 1.08. The van der Waals surface area contributed by atoms with Crippen molar-refractivity contribution in [1.82, 2.24) is 4.90 Å². The molecule has 0 unspecified atom stereocenters. The first kappa shape index (κ1) is 24.4. The van der Waals surface area contributed by atoms with Crippen molar-refractivity contribution in [3.63, 3.8) is 0 Å². The van der Waals surface area contributed by atoms with Crippen molar-refractivity contribution in [3.8, 4) is 0 Å². The molecule has 0 N–H and O–H groups in total. The first-order valence-electron chi connectivity index (χ1n) is 1.21. The van der Waals surface area contributed by atoms with Crippen LogP contribution in [0.1, 0.15) is 0 Å². The second kappa shape index (κ2) is 15.7. The normalized spacial score (nSPS) is 5.14. The van der Waals surface area contributed by atoms with Gasteiger partial charge < -0.3 is 19.8 Å². The second-order valence-corrected chi connectivity index (χ2v) is 1.08. The Hall–Kier alpha value is 1.06. The van der Waals surface area contributed by atoms with Crippen LogP contribution < -0.4 is 0 Å². The van der Waals surface area contributed by atoms with Crippen molar-refractivity contribution in [2.24, 2.45) is 0 Å². The molecule has 7 heavy (non-hydrogen) atoms. The fourth-order valence-corrected chi connectivity index (χ4v) is 0. The molecule has 1 nitrogen and oxygen atoms in total. The number of hydrogen-bond acceptors (Lipinski definition) is 1. The van der Waals surface area contributed by atoms with Gasteiger partial charge in [-0.05, 0) is 14.1 Å². The van der Waals surface area contributed by atoms with E-state index in [1.807, 2.05) is 14.1 Å². The van der Waals surface area contributed by atoms with Crippen LogP contribution in [0.3, 0.4) is 0 Å². The van der Waals surface area contributed by atoms with Crippen molar-refractivity contribution < 1.29 is 32.7 Å². The molecule has 0 aliphatic heterocycles. The van der Waals surface area contributed by atoms with E-state index in [2.05, 4.69) is 7.05 Å². The smallest absolute Gasteiger partial charge is 0.464 e. The minimum Gasteiger partial charge on any atom is -0.464 e. The Morgan fingerprint density at radius 1 is 1.14 bits per heavy atom. The Labute approximate surface area is 73.4 Å². The molecule has 0 spiro atoms. The van der Waals surface area contributed by atoms with E-state index >= 15 is 0 Å². The third kappa shape index (κ3) is 160. The van der Waals surface area contributed by atoms with E-state index in [4.69, 9.17) is 0 Å². The average Bonchev–Trinajstić information content (AvgIpc) is 0.811. The van der Waals surface area contributed by atoms with Crippen LogP contribution in [0.2, 0.25) is 0 Å². The summed E-state index contributed by atoms with van der Waals surface area (Å²) >= 11 is 0. The van der Waals surface area contributed by atoms with Gasteiger partial charge in [-0.25, -0.2) is 0 Å². The van der Waals surface area contributed by atoms with Gasteiger partial charge in [-0.15, -0.1) is 0 Å². The van der Waals surface area contributed by atoms with Crippen LogP contribution in [0.15, 0.2) is 0 Å². The maximum Gasteiger partial charge on any atom is 3.00 e. The minimum absolute atomic E-state index is 0. The Kier molecular flexibility index (Phi) is 54.7. The Morgan fingerprint density at radius 2 is 1.14 bits per heavy atom. The van der Waals surface area contributed by atoms with E-state index in [1.54, 1.807) is 4.90 Å². The molecule has 0 fully saturated rings. The van der Waals surface area contributed by atoms with Crippen LogP contribution >= 0.6 is 0 Å². The first-order valence-corrected chi connectivity index (χ1v) is 1.21. The van der Waals surface area contributed by atoms with Gasteiger partial charge in [0.25, 0.3) is 0 Å². The Bertz CT molecular complexity index is 12.8. The molecule has 0 saturated carbocycles. The predicted molar refractivity (Wildman–Crippen MR) is 31.9 cm³/mol. The molecule has 0 radical (unpaired) electrons. The third-order valence-corrected chi connectivity index (χ3v) is 0. The summed E-state index contributed by atoms with van der Waals surface area (Å²) < 4.78 is 0.